The van der Waals surface area contributed by atoms with Gasteiger partial charge in [-0.15, -0.1) is 0 Å². The molecule has 0 amide bonds. The van der Waals surface area contributed by atoms with Crippen molar-refractivity contribution in [1.82, 2.24) is 14.7 Å². The van der Waals surface area contributed by atoms with Crippen LogP contribution in [0.5, 0.6) is 0 Å². The van der Waals surface area contributed by atoms with Crippen molar-refractivity contribution in [2.75, 3.05) is 31.1 Å². The third kappa shape index (κ3) is 1.78. The Morgan fingerprint density at radius 3 is 2.94 bits per heavy atom. The van der Waals surface area contributed by atoms with E-state index in [9.17, 15) is 4.79 Å². The molecule has 3 rings (SSSR count). The number of imidazole rings is 1. The molecule has 0 spiro atoms. The van der Waals surface area contributed by atoms with Crippen molar-refractivity contribution in [3.8, 4) is 0 Å². The Kier molecular flexibility index (Phi) is 2.53. The summed E-state index contributed by atoms with van der Waals surface area (Å²) < 4.78 is 1.80. The molecule has 5 heteroatoms. The Hall–Kier alpha value is -1.88. The summed E-state index contributed by atoms with van der Waals surface area (Å²) in [6, 6.07) is 4.06. The Balaban J connectivity index is 1.98. The number of fused-ring (bicyclic) bond motifs is 1. The van der Waals surface area contributed by atoms with Gasteiger partial charge in [0.1, 0.15) is 11.3 Å². The van der Waals surface area contributed by atoms with E-state index in [2.05, 4.69) is 15.2 Å². The van der Waals surface area contributed by atoms with Crippen molar-refractivity contribution >= 4 is 17.6 Å². The van der Waals surface area contributed by atoms with Crippen molar-refractivity contribution in [3.63, 3.8) is 0 Å². The first kappa shape index (κ1) is 10.3. The number of aldehydes is 1. The van der Waals surface area contributed by atoms with E-state index in [-0.39, 0.29) is 0 Å². The van der Waals surface area contributed by atoms with Gasteiger partial charge in [0.2, 0.25) is 0 Å². The van der Waals surface area contributed by atoms with Crippen LogP contribution in [0.15, 0.2) is 24.5 Å². The first-order valence-corrected chi connectivity index (χ1v) is 5.76. The largest absolute Gasteiger partial charge is 0.369 e. The molecular weight excluding hydrogens is 216 g/mol. The number of carbonyl (C=O) groups is 1. The smallest absolute Gasteiger partial charge is 0.168 e. The second kappa shape index (κ2) is 4.18. The predicted octanol–water partition coefficient (Wildman–Crippen LogP) is 0.556. The van der Waals surface area contributed by atoms with E-state index in [4.69, 9.17) is 0 Å². The Morgan fingerprint density at radius 1 is 1.35 bits per heavy atom. The summed E-state index contributed by atoms with van der Waals surface area (Å²) in [5, 5.41) is 3.33. The third-order valence-electron chi connectivity index (χ3n) is 3.13. The quantitative estimate of drug-likeness (QED) is 0.766. The zero-order chi connectivity index (χ0) is 11.7. The van der Waals surface area contributed by atoms with Gasteiger partial charge in [0, 0.05) is 44.1 Å². The van der Waals surface area contributed by atoms with Crippen LogP contribution in [0.25, 0.3) is 5.65 Å². The minimum atomic E-state index is 0.590. The summed E-state index contributed by atoms with van der Waals surface area (Å²) in [4.78, 5) is 17.3. The number of nitrogens with zero attached hydrogens (tertiary/aromatic N) is 3. The van der Waals surface area contributed by atoms with Gasteiger partial charge in [0.15, 0.2) is 6.29 Å². The normalized spacial score (nSPS) is 16.4. The topological polar surface area (TPSA) is 49.6 Å². The lowest BCUT2D eigenvalue weighted by Crippen LogP contribution is -2.43. The summed E-state index contributed by atoms with van der Waals surface area (Å²) in [6.45, 7) is 4.05. The Morgan fingerprint density at radius 2 is 2.18 bits per heavy atom. The van der Waals surface area contributed by atoms with Gasteiger partial charge in [-0.1, -0.05) is 0 Å². The second-order valence-corrected chi connectivity index (χ2v) is 4.15. The molecule has 1 N–H and O–H groups in total. The first-order valence-electron chi connectivity index (χ1n) is 5.76. The molecular formula is C12H14N4O. The number of anilines is 1. The van der Waals surface area contributed by atoms with Crippen LogP contribution < -0.4 is 10.2 Å². The van der Waals surface area contributed by atoms with Crippen LogP contribution in [0.1, 0.15) is 10.5 Å². The number of carbonyl (C=O) groups excluding carboxylic acids is 1. The average molecular weight is 230 g/mol. The van der Waals surface area contributed by atoms with E-state index < -0.39 is 0 Å². The lowest BCUT2D eigenvalue weighted by Gasteiger charge is -2.29. The van der Waals surface area contributed by atoms with E-state index in [0.29, 0.717) is 5.69 Å². The number of pyridine rings is 1. The molecule has 1 fully saturated rings. The first-order chi connectivity index (χ1) is 8.38. The van der Waals surface area contributed by atoms with Crippen molar-refractivity contribution in [3.05, 3.63) is 30.2 Å². The summed E-state index contributed by atoms with van der Waals surface area (Å²) in [5.74, 6) is 0. The van der Waals surface area contributed by atoms with Crippen LogP contribution in [-0.2, 0) is 0 Å². The maximum Gasteiger partial charge on any atom is 0.168 e. The number of rotatable bonds is 2. The lowest BCUT2D eigenvalue weighted by molar-refractivity contribution is 0.111. The fourth-order valence-corrected chi connectivity index (χ4v) is 2.20. The minimum Gasteiger partial charge on any atom is -0.369 e. The standard InChI is InChI=1S/C12H14N4O/c17-9-11-8-14-12-7-10(1-4-16(11)12)15-5-2-13-3-6-15/h1,4,7-9,13H,2-3,5-6H2. The summed E-state index contributed by atoms with van der Waals surface area (Å²) >= 11 is 0. The lowest BCUT2D eigenvalue weighted by atomic mass is 10.3. The number of piperazine rings is 1. The highest BCUT2D eigenvalue weighted by Crippen LogP contribution is 2.17. The maximum absolute atomic E-state index is 10.8. The van der Waals surface area contributed by atoms with Crippen LogP contribution in [0, 0.1) is 0 Å². The fraction of sp³-hybridized carbons (Fsp3) is 0.333. The van der Waals surface area contributed by atoms with E-state index >= 15 is 0 Å². The van der Waals surface area contributed by atoms with Gasteiger partial charge in [-0.2, -0.15) is 0 Å². The van der Waals surface area contributed by atoms with Crippen LogP contribution in [0.4, 0.5) is 5.69 Å². The number of nitrogens with one attached hydrogen (secondary N) is 1. The van der Waals surface area contributed by atoms with Gasteiger partial charge in [-0.25, -0.2) is 4.98 Å². The molecule has 1 aliphatic heterocycles. The zero-order valence-electron chi connectivity index (χ0n) is 9.47. The van der Waals surface area contributed by atoms with E-state index in [1.807, 2.05) is 18.3 Å². The van der Waals surface area contributed by atoms with Crippen molar-refractivity contribution in [2.24, 2.45) is 0 Å². The monoisotopic (exact) mass is 230 g/mol. The molecule has 3 heterocycles. The molecule has 0 bridgehead atoms. The van der Waals surface area contributed by atoms with Crippen molar-refractivity contribution in [1.29, 1.82) is 0 Å². The summed E-state index contributed by atoms with van der Waals surface area (Å²) in [7, 11) is 0. The Bertz CT molecular complexity index is 542. The minimum absolute atomic E-state index is 0.590. The number of hydrogen-bond donors (Lipinski definition) is 1. The molecule has 2 aromatic heterocycles. The van der Waals surface area contributed by atoms with Crippen molar-refractivity contribution in [2.45, 2.75) is 0 Å². The maximum atomic E-state index is 10.8. The van der Waals surface area contributed by atoms with Crippen LogP contribution in [-0.4, -0.2) is 41.8 Å². The molecule has 2 aromatic rings. The van der Waals surface area contributed by atoms with Gasteiger partial charge in [0.25, 0.3) is 0 Å². The average Bonchev–Trinajstić information content (AvgIpc) is 2.81. The van der Waals surface area contributed by atoms with Gasteiger partial charge in [0.05, 0.1) is 6.20 Å². The highest BCUT2D eigenvalue weighted by Gasteiger charge is 2.11. The molecule has 0 atom stereocenters. The number of aromatic nitrogens is 2. The number of hydrogen-bond acceptors (Lipinski definition) is 4. The van der Waals surface area contributed by atoms with E-state index in [1.54, 1.807) is 10.6 Å². The second-order valence-electron chi connectivity index (χ2n) is 4.15. The molecule has 1 saturated heterocycles. The molecule has 0 saturated carbocycles. The van der Waals surface area contributed by atoms with Gasteiger partial charge in [-0.3, -0.25) is 9.20 Å². The highest BCUT2D eigenvalue weighted by atomic mass is 16.1. The van der Waals surface area contributed by atoms with Crippen molar-refractivity contribution < 1.29 is 4.79 Å². The molecule has 17 heavy (non-hydrogen) atoms. The molecule has 0 unspecified atom stereocenters. The molecule has 0 aliphatic carbocycles. The third-order valence-corrected chi connectivity index (χ3v) is 3.13. The van der Waals surface area contributed by atoms with E-state index in [0.717, 1.165) is 38.1 Å². The summed E-state index contributed by atoms with van der Waals surface area (Å²) in [6.07, 6.45) is 4.33. The zero-order valence-corrected chi connectivity index (χ0v) is 9.47. The van der Waals surface area contributed by atoms with Gasteiger partial charge >= 0.3 is 0 Å². The van der Waals surface area contributed by atoms with Crippen LogP contribution in [0.3, 0.4) is 0 Å². The van der Waals surface area contributed by atoms with Crippen LogP contribution >= 0.6 is 0 Å². The van der Waals surface area contributed by atoms with Crippen LogP contribution in [0.2, 0.25) is 0 Å². The summed E-state index contributed by atoms with van der Waals surface area (Å²) in [5.41, 5.74) is 2.58. The molecule has 0 radical (unpaired) electrons. The van der Waals surface area contributed by atoms with Gasteiger partial charge < -0.3 is 10.2 Å². The molecule has 5 nitrogen and oxygen atoms in total. The SMILES string of the molecule is O=Cc1cnc2cc(N3CCNCC3)ccn12. The molecule has 1 aliphatic rings. The highest BCUT2D eigenvalue weighted by molar-refractivity contribution is 5.74. The predicted molar refractivity (Wildman–Crippen MR) is 65.7 cm³/mol. The van der Waals surface area contributed by atoms with E-state index in [1.165, 1.54) is 5.69 Å². The Labute approximate surface area is 99.1 Å². The molecule has 0 aromatic carbocycles. The van der Waals surface area contributed by atoms with Gasteiger partial charge in [-0.05, 0) is 6.07 Å². The fourth-order valence-electron chi connectivity index (χ4n) is 2.20. The molecule has 88 valence electrons.